The molecule has 0 aliphatic rings. The molecule has 4 aromatic rings. The Balaban J connectivity index is 1.61. The number of carbonyl (C=O) groups is 1. The van der Waals surface area contributed by atoms with E-state index in [0.717, 1.165) is 40.9 Å². The molecule has 4 N–H and O–H groups in total. The van der Waals surface area contributed by atoms with E-state index in [9.17, 15) is 4.79 Å². The zero-order valence-electron chi connectivity index (χ0n) is 18.7. The summed E-state index contributed by atoms with van der Waals surface area (Å²) in [6.07, 6.45) is 3.48. The molecule has 0 saturated carbocycles. The van der Waals surface area contributed by atoms with Gasteiger partial charge in [-0.05, 0) is 38.4 Å². The Hall–Kier alpha value is -3.62. The minimum absolute atomic E-state index is 0.146. The van der Waals surface area contributed by atoms with Crippen LogP contribution in [-0.4, -0.2) is 52.9 Å². The molecule has 0 aliphatic heterocycles. The van der Waals surface area contributed by atoms with Crippen molar-refractivity contribution < 1.29 is 4.79 Å². The van der Waals surface area contributed by atoms with Crippen molar-refractivity contribution in [2.75, 3.05) is 43.1 Å². The van der Waals surface area contributed by atoms with E-state index >= 15 is 0 Å². The van der Waals surface area contributed by atoms with E-state index in [4.69, 9.17) is 11.6 Å². The molecule has 8 nitrogen and oxygen atoms in total. The highest BCUT2D eigenvalue weighted by atomic mass is 35.5. The lowest BCUT2D eigenvalue weighted by Crippen LogP contribution is -2.21. The summed E-state index contributed by atoms with van der Waals surface area (Å²) in [4.78, 5) is 26.1. The van der Waals surface area contributed by atoms with Crippen molar-refractivity contribution in [3.63, 3.8) is 0 Å². The molecule has 4 rings (SSSR count). The first kappa shape index (κ1) is 22.6. The van der Waals surface area contributed by atoms with Gasteiger partial charge in [-0.25, -0.2) is 9.97 Å². The fourth-order valence-corrected chi connectivity index (χ4v) is 3.69. The number of fused-ring (bicyclic) bond motifs is 1. The van der Waals surface area contributed by atoms with Gasteiger partial charge in [0.1, 0.15) is 0 Å². The molecule has 0 atom stereocenters. The number of aromatic amines is 1. The number of halogens is 1. The smallest absolute Gasteiger partial charge is 0.227 e. The Morgan fingerprint density at radius 3 is 2.76 bits per heavy atom. The third kappa shape index (κ3) is 5.42. The lowest BCUT2D eigenvalue weighted by Gasteiger charge is -2.16. The number of aromatic nitrogens is 3. The first-order valence-corrected chi connectivity index (χ1v) is 10.9. The zero-order chi connectivity index (χ0) is 23.4. The number of hydrogen-bond acceptors (Lipinski definition) is 6. The van der Waals surface area contributed by atoms with Gasteiger partial charge in [-0.3, -0.25) is 4.79 Å². The van der Waals surface area contributed by atoms with Gasteiger partial charge in [0.05, 0.1) is 28.3 Å². The molecular weight excluding hydrogens is 438 g/mol. The molecule has 1 amide bonds. The Kier molecular flexibility index (Phi) is 6.76. The van der Waals surface area contributed by atoms with Crippen LogP contribution >= 0.6 is 11.6 Å². The highest BCUT2D eigenvalue weighted by Gasteiger charge is 2.13. The highest BCUT2D eigenvalue weighted by Crippen LogP contribution is 2.33. The van der Waals surface area contributed by atoms with E-state index in [1.165, 1.54) is 6.92 Å². The molecule has 170 valence electrons. The number of anilines is 4. The van der Waals surface area contributed by atoms with Crippen LogP contribution in [0.4, 0.5) is 23.0 Å². The van der Waals surface area contributed by atoms with Crippen LogP contribution in [0, 0.1) is 0 Å². The lowest BCUT2D eigenvalue weighted by molar-refractivity contribution is -0.114. The predicted molar refractivity (Wildman–Crippen MR) is 135 cm³/mol. The summed E-state index contributed by atoms with van der Waals surface area (Å²) in [5.74, 6) is 0.258. The minimum Gasteiger partial charge on any atom is -0.382 e. The molecule has 0 fully saturated rings. The molecule has 0 unspecified atom stereocenters. The number of hydrogen-bond donors (Lipinski definition) is 4. The molecule has 9 heteroatoms. The topological polar surface area (TPSA) is 98.0 Å². The van der Waals surface area contributed by atoms with Gasteiger partial charge >= 0.3 is 0 Å². The molecule has 0 bridgehead atoms. The summed E-state index contributed by atoms with van der Waals surface area (Å²) in [6.45, 7) is 3.11. The summed E-state index contributed by atoms with van der Waals surface area (Å²) in [6, 6.07) is 13.7. The summed E-state index contributed by atoms with van der Waals surface area (Å²) in [5.41, 5.74) is 4.81. The normalized spacial score (nSPS) is 11.1. The molecule has 0 spiro atoms. The highest BCUT2D eigenvalue weighted by molar-refractivity contribution is 6.33. The summed E-state index contributed by atoms with van der Waals surface area (Å²) in [7, 11) is 4.03. The number of likely N-dealkylation sites (N-methyl/N-ethyl adjacent to an activating group) is 1. The van der Waals surface area contributed by atoms with Crippen molar-refractivity contribution >= 4 is 51.4 Å². The van der Waals surface area contributed by atoms with Gasteiger partial charge < -0.3 is 25.8 Å². The second-order valence-corrected chi connectivity index (χ2v) is 8.34. The number of nitrogens with zero attached hydrogens (tertiary/aromatic N) is 3. The van der Waals surface area contributed by atoms with E-state index in [1.54, 1.807) is 6.20 Å². The largest absolute Gasteiger partial charge is 0.382 e. The van der Waals surface area contributed by atoms with E-state index < -0.39 is 0 Å². The van der Waals surface area contributed by atoms with Crippen molar-refractivity contribution in [3.8, 4) is 11.3 Å². The van der Waals surface area contributed by atoms with Crippen molar-refractivity contribution in [2.45, 2.75) is 6.92 Å². The average Bonchev–Trinajstić information content (AvgIpc) is 3.20. The van der Waals surface area contributed by atoms with Crippen LogP contribution < -0.4 is 16.0 Å². The maximum absolute atomic E-state index is 11.7. The van der Waals surface area contributed by atoms with Crippen molar-refractivity contribution in [1.82, 2.24) is 19.9 Å². The lowest BCUT2D eigenvalue weighted by atomic mass is 10.1. The number of carbonyl (C=O) groups excluding carboxylic acids is 1. The summed E-state index contributed by atoms with van der Waals surface area (Å²) < 4.78 is 0. The number of nitrogens with one attached hydrogen (secondary N) is 4. The number of H-pyrrole nitrogens is 1. The van der Waals surface area contributed by atoms with Crippen LogP contribution in [-0.2, 0) is 4.79 Å². The van der Waals surface area contributed by atoms with Gasteiger partial charge in [0.2, 0.25) is 11.9 Å². The number of para-hydroxylation sites is 1. The second kappa shape index (κ2) is 9.89. The predicted octanol–water partition coefficient (Wildman–Crippen LogP) is 4.95. The average molecular weight is 464 g/mol. The van der Waals surface area contributed by atoms with Gasteiger partial charge in [-0.2, -0.15) is 0 Å². The van der Waals surface area contributed by atoms with Crippen molar-refractivity contribution in [3.05, 3.63) is 59.9 Å². The van der Waals surface area contributed by atoms with Crippen LogP contribution in [0.25, 0.3) is 22.2 Å². The van der Waals surface area contributed by atoms with Gasteiger partial charge in [-0.1, -0.05) is 29.8 Å². The molecule has 0 aliphatic carbocycles. The van der Waals surface area contributed by atoms with E-state index in [0.29, 0.717) is 22.4 Å². The van der Waals surface area contributed by atoms with Crippen molar-refractivity contribution in [1.29, 1.82) is 0 Å². The first-order chi connectivity index (χ1) is 15.9. The Labute approximate surface area is 197 Å². The molecule has 0 radical (unpaired) electrons. The molecule has 0 saturated heterocycles. The fraction of sp³-hybridized carbons (Fsp3) is 0.208. The van der Waals surface area contributed by atoms with Crippen LogP contribution in [0.15, 0.2) is 54.9 Å². The number of amides is 1. The van der Waals surface area contributed by atoms with E-state index in [1.807, 2.05) is 62.8 Å². The second-order valence-electron chi connectivity index (χ2n) is 7.93. The number of benzene rings is 2. The standard InChI is InChI=1S/C24H26ClN7O/c1-15(33)29-22-12-16(8-9-21(22)26-10-11-32(2)3)30-24-28-14-19(25)23(31-24)18-13-27-20-7-5-4-6-17(18)20/h4-9,12-14,26-27H,10-11H2,1-3H3,(H,29,33)(H,28,30,31). The van der Waals surface area contributed by atoms with Gasteiger partial charge in [0, 0.05) is 48.4 Å². The Bertz CT molecular complexity index is 1290. The third-order valence-corrected chi connectivity index (χ3v) is 5.33. The van der Waals surface area contributed by atoms with E-state index in [2.05, 4.69) is 35.8 Å². The maximum atomic E-state index is 11.7. The minimum atomic E-state index is -0.146. The Morgan fingerprint density at radius 1 is 1.15 bits per heavy atom. The molecule has 2 aromatic heterocycles. The van der Waals surface area contributed by atoms with Crippen LogP contribution in [0.2, 0.25) is 5.02 Å². The molecule has 33 heavy (non-hydrogen) atoms. The SMILES string of the molecule is CC(=O)Nc1cc(Nc2ncc(Cl)c(-c3c[nH]c4ccccc34)n2)ccc1NCCN(C)C. The van der Waals surface area contributed by atoms with Gasteiger partial charge in [-0.15, -0.1) is 0 Å². The van der Waals surface area contributed by atoms with Crippen molar-refractivity contribution in [2.24, 2.45) is 0 Å². The molecular formula is C24H26ClN7O. The summed E-state index contributed by atoms with van der Waals surface area (Å²) >= 11 is 6.44. The Morgan fingerprint density at radius 2 is 1.97 bits per heavy atom. The maximum Gasteiger partial charge on any atom is 0.227 e. The zero-order valence-corrected chi connectivity index (χ0v) is 19.5. The quantitative estimate of drug-likeness (QED) is 0.295. The van der Waals surface area contributed by atoms with Gasteiger partial charge in [0.25, 0.3) is 0 Å². The molecule has 2 aromatic carbocycles. The molecule has 2 heterocycles. The fourth-order valence-electron chi connectivity index (χ4n) is 3.50. The monoisotopic (exact) mass is 463 g/mol. The van der Waals surface area contributed by atoms with Crippen LogP contribution in [0.1, 0.15) is 6.92 Å². The first-order valence-electron chi connectivity index (χ1n) is 10.6. The van der Waals surface area contributed by atoms with Crippen LogP contribution in [0.3, 0.4) is 0 Å². The van der Waals surface area contributed by atoms with Crippen LogP contribution in [0.5, 0.6) is 0 Å². The third-order valence-electron chi connectivity index (χ3n) is 5.05. The van der Waals surface area contributed by atoms with Gasteiger partial charge in [0.15, 0.2) is 0 Å². The summed E-state index contributed by atoms with van der Waals surface area (Å²) in [5, 5.41) is 10.9. The number of rotatable bonds is 8. The van der Waals surface area contributed by atoms with E-state index in [-0.39, 0.29) is 5.91 Å².